The van der Waals surface area contributed by atoms with Gasteiger partial charge in [-0.05, 0) is 18.2 Å². The number of hydrogen-bond donors (Lipinski definition) is 1. The summed E-state index contributed by atoms with van der Waals surface area (Å²) in [6.45, 7) is 1.77. The Balaban J connectivity index is 1.50. The molecular formula is C20H20N2O4. The zero-order valence-corrected chi connectivity index (χ0v) is 14.3. The number of nitrogens with zero attached hydrogens (tertiary/aromatic N) is 2. The Kier molecular flexibility index (Phi) is 4.24. The molecule has 6 heteroatoms. The Hall–Kier alpha value is -3.02. The van der Waals surface area contributed by atoms with E-state index in [9.17, 15) is 14.7 Å². The molecule has 134 valence electrons. The number of para-hydroxylation sites is 1. The van der Waals surface area contributed by atoms with Crippen molar-refractivity contribution in [1.82, 2.24) is 4.90 Å². The minimum Gasteiger partial charge on any atom is -0.508 e. The van der Waals surface area contributed by atoms with Crippen molar-refractivity contribution in [3.63, 3.8) is 0 Å². The predicted molar refractivity (Wildman–Crippen MR) is 95.9 cm³/mol. The number of ether oxygens (including phenoxy) is 1. The summed E-state index contributed by atoms with van der Waals surface area (Å²) in [5, 5.41) is 9.64. The van der Waals surface area contributed by atoms with E-state index in [0.29, 0.717) is 31.9 Å². The third-order valence-electron chi connectivity index (χ3n) is 4.88. The lowest BCUT2D eigenvalue weighted by atomic mass is 10.1. The highest BCUT2D eigenvalue weighted by Gasteiger charge is 2.37. The molecule has 4 rings (SSSR count). The minimum atomic E-state index is -0.380. The van der Waals surface area contributed by atoms with Gasteiger partial charge in [0.25, 0.3) is 0 Å². The lowest BCUT2D eigenvalue weighted by Crippen LogP contribution is -2.38. The fourth-order valence-electron chi connectivity index (χ4n) is 3.56. The van der Waals surface area contributed by atoms with E-state index in [-0.39, 0.29) is 29.9 Å². The number of rotatable bonds is 2. The molecule has 1 saturated heterocycles. The summed E-state index contributed by atoms with van der Waals surface area (Å²) in [5.74, 6) is 0.412. The van der Waals surface area contributed by atoms with E-state index in [1.165, 1.54) is 0 Å². The van der Waals surface area contributed by atoms with E-state index in [0.717, 1.165) is 11.3 Å². The van der Waals surface area contributed by atoms with Crippen molar-refractivity contribution >= 4 is 17.5 Å². The average Bonchev–Trinajstić information content (AvgIpc) is 2.90. The predicted octanol–water partition coefficient (Wildman–Crippen LogP) is 2.17. The Labute approximate surface area is 151 Å². The molecule has 26 heavy (non-hydrogen) atoms. The van der Waals surface area contributed by atoms with Crippen LogP contribution in [0.1, 0.15) is 12.0 Å². The van der Waals surface area contributed by atoms with Gasteiger partial charge in [0.15, 0.2) is 0 Å². The molecule has 2 aromatic rings. The Morgan fingerprint density at radius 3 is 2.85 bits per heavy atom. The average molecular weight is 352 g/mol. The first-order valence-corrected chi connectivity index (χ1v) is 8.71. The largest absolute Gasteiger partial charge is 0.508 e. The molecule has 6 nitrogen and oxygen atoms in total. The van der Waals surface area contributed by atoms with Crippen molar-refractivity contribution in [3.8, 4) is 11.5 Å². The third-order valence-corrected chi connectivity index (χ3v) is 4.88. The van der Waals surface area contributed by atoms with Crippen LogP contribution < -0.4 is 9.64 Å². The molecule has 2 aromatic carbocycles. The Morgan fingerprint density at radius 1 is 1.15 bits per heavy atom. The summed E-state index contributed by atoms with van der Waals surface area (Å²) in [4.78, 5) is 28.7. The van der Waals surface area contributed by atoms with E-state index < -0.39 is 0 Å². The molecule has 0 bridgehead atoms. The fraction of sp³-hybridized carbons (Fsp3) is 0.300. The Bertz CT molecular complexity index is 851. The number of anilines is 1. The van der Waals surface area contributed by atoms with Gasteiger partial charge in [-0.3, -0.25) is 9.59 Å². The smallest absolute Gasteiger partial charge is 0.228 e. The number of amides is 2. The second-order valence-electron chi connectivity index (χ2n) is 6.64. The summed E-state index contributed by atoms with van der Waals surface area (Å²) in [6.07, 6.45) is 0.188. The fourth-order valence-corrected chi connectivity index (χ4v) is 3.56. The van der Waals surface area contributed by atoms with Crippen molar-refractivity contribution in [3.05, 3.63) is 54.1 Å². The summed E-state index contributed by atoms with van der Waals surface area (Å²) >= 11 is 0. The van der Waals surface area contributed by atoms with Gasteiger partial charge in [0, 0.05) is 36.8 Å². The van der Waals surface area contributed by atoms with Gasteiger partial charge in [0.05, 0.1) is 12.5 Å². The zero-order chi connectivity index (χ0) is 18.1. The van der Waals surface area contributed by atoms with Crippen LogP contribution in [0.25, 0.3) is 0 Å². The second-order valence-corrected chi connectivity index (χ2v) is 6.64. The lowest BCUT2D eigenvalue weighted by Gasteiger charge is -2.23. The zero-order valence-electron chi connectivity index (χ0n) is 14.3. The van der Waals surface area contributed by atoms with Gasteiger partial charge in [-0.25, -0.2) is 0 Å². The molecule has 0 unspecified atom stereocenters. The first kappa shape index (κ1) is 16.4. The maximum atomic E-state index is 13.0. The SMILES string of the molecule is O=C([C@@H]1CC(=O)N(c2cccc(O)c2)C1)N1CCOc2ccccc2C1. The van der Waals surface area contributed by atoms with Crippen molar-refractivity contribution < 1.29 is 19.4 Å². The van der Waals surface area contributed by atoms with Gasteiger partial charge in [0.1, 0.15) is 18.1 Å². The van der Waals surface area contributed by atoms with E-state index in [2.05, 4.69) is 0 Å². The van der Waals surface area contributed by atoms with Gasteiger partial charge in [-0.15, -0.1) is 0 Å². The topological polar surface area (TPSA) is 70.1 Å². The van der Waals surface area contributed by atoms with Gasteiger partial charge < -0.3 is 19.6 Å². The molecule has 2 aliphatic heterocycles. The first-order chi connectivity index (χ1) is 12.6. The molecule has 0 aromatic heterocycles. The monoisotopic (exact) mass is 352 g/mol. The Morgan fingerprint density at radius 2 is 2.00 bits per heavy atom. The molecule has 1 N–H and O–H groups in total. The normalized spacial score (nSPS) is 19.7. The molecular weight excluding hydrogens is 332 g/mol. The van der Waals surface area contributed by atoms with Crippen LogP contribution in [0.2, 0.25) is 0 Å². The maximum absolute atomic E-state index is 13.0. The third kappa shape index (κ3) is 3.10. The van der Waals surface area contributed by atoms with Crippen molar-refractivity contribution in [1.29, 1.82) is 0 Å². The van der Waals surface area contributed by atoms with Gasteiger partial charge in [0.2, 0.25) is 11.8 Å². The van der Waals surface area contributed by atoms with Crippen LogP contribution in [-0.4, -0.2) is 41.5 Å². The van der Waals surface area contributed by atoms with Crippen LogP contribution in [-0.2, 0) is 16.1 Å². The van der Waals surface area contributed by atoms with Crippen LogP contribution in [0.15, 0.2) is 48.5 Å². The second kappa shape index (κ2) is 6.71. The number of fused-ring (bicyclic) bond motifs is 1. The molecule has 0 aliphatic carbocycles. The van der Waals surface area contributed by atoms with E-state index in [4.69, 9.17) is 4.74 Å². The quantitative estimate of drug-likeness (QED) is 0.899. The molecule has 1 atom stereocenters. The van der Waals surface area contributed by atoms with Crippen LogP contribution in [0.5, 0.6) is 11.5 Å². The molecule has 2 heterocycles. The summed E-state index contributed by atoms with van der Waals surface area (Å²) < 4.78 is 5.72. The number of carbonyl (C=O) groups excluding carboxylic acids is 2. The first-order valence-electron chi connectivity index (χ1n) is 8.71. The molecule has 1 fully saturated rings. The van der Waals surface area contributed by atoms with E-state index in [1.807, 2.05) is 24.3 Å². The number of phenols is 1. The number of benzene rings is 2. The molecule has 2 aliphatic rings. The van der Waals surface area contributed by atoms with Gasteiger partial charge in [-0.2, -0.15) is 0 Å². The van der Waals surface area contributed by atoms with Crippen molar-refractivity contribution in [2.45, 2.75) is 13.0 Å². The molecule has 0 radical (unpaired) electrons. The highest BCUT2D eigenvalue weighted by atomic mass is 16.5. The summed E-state index contributed by atoms with van der Waals surface area (Å²) in [5.41, 5.74) is 1.60. The van der Waals surface area contributed by atoms with Crippen molar-refractivity contribution in [2.75, 3.05) is 24.6 Å². The number of phenolic OH excluding ortho intramolecular Hbond substituents is 1. The van der Waals surface area contributed by atoms with E-state index in [1.54, 1.807) is 34.1 Å². The highest BCUT2D eigenvalue weighted by molar-refractivity contribution is 6.00. The number of aromatic hydroxyl groups is 1. The molecule has 2 amide bonds. The highest BCUT2D eigenvalue weighted by Crippen LogP contribution is 2.30. The van der Waals surface area contributed by atoms with Crippen LogP contribution in [0, 0.1) is 5.92 Å². The standard InChI is InChI=1S/C20H20N2O4/c23-17-6-3-5-16(11-17)22-13-15(10-19(22)24)20(25)21-8-9-26-18-7-2-1-4-14(18)12-21/h1-7,11,15,23H,8-10,12-13H2/t15-/m1/s1. The van der Waals surface area contributed by atoms with Crippen LogP contribution in [0.4, 0.5) is 5.69 Å². The minimum absolute atomic E-state index is 0.0266. The van der Waals surface area contributed by atoms with Gasteiger partial charge in [-0.1, -0.05) is 24.3 Å². The van der Waals surface area contributed by atoms with Crippen LogP contribution >= 0.6 is 0 Å². The van der Waals surface area contributed by atoms with Crippen molar-refractivity contribution in [2.24, 2.45) is 5.92 Å². The number of hydrogen-bond acceptors (Lipinski definition) is 4. The molecule has 0 spiro atoms. The summed E-state index contributed by atoms with van der Waals surface area (Å²) in [7, 11) is 0. The lowest BCUT2D eigenvalue weighted by molar-refractivity contribution is -0.136. The maximum Gasteiger partial charge on any atom is 0.228 e. The van der Waals surface area contributed by atoms with Crippen LogP contribution in [0.3, 0.4) is 0 Å². The molecule has 0 saturated carbocycles. The summed E-state index contributed by atoms with van der Waals surface area (Å²) in [6, 6.07) is 14.3. The van der Waals surface area contributed by atoms with Gasteiger partial charge >= 0.3 is 0 Å². The van der Waals surface area contributed by atoms with E-state index >= 15 is 0 Å². The number of carbonyl (C=O) groups is 2.